The fourth-order valence-corrected chi connectivity index (χ4v) is 3.82. The van der Waals surface area contributed by atoms with Gasteiger partial charge in [0.15, 0.2) is 0 Å². The largest absolute Gasteiger partial charge is 0.336 e. The van der Waals surface area contributed by atoms with Crippen LogP contribution in [0.4, 0.5) is 0 Å². The molecule has 2 fully saturated rings. The molecule has 2 rings (SSSR count). The molecule has 0 radical (unpaired) electrons. The second-order valence-corrected chi connectivity index (χ2v) is 6.71. The molecule has 2 saturated heterocycles. The Labute approximate surface area is 123 Å². The Bertz CT molecular complexity index is 303. The number of rotatable bonds is 4. The molecule has 2 heterocycles. The Hall–Kier alpha value is -0.610. The van der Waals surface area contributed by atoms with Crippen LogP contribution < -0.4 is 5.32 Å². The molecule has 0 aromatic carbocycles. The number of piperidine rings is 2. The van der Waals surface area contributed by atoms with E-state index in [2.05, 4.69) is 29.0 Å². The highest BCUT2D eigenvalue weighted by Gasteiger charge is 2.30. The summed E-state index contributed by atoms with van der Waals surface area (Å²) in [4.78, 5) is 17.1. The van der Waals surface area contributed by atoms with E-state index in [4.69, 9.17) is 0 Å². The summed E-state index contributed by atoms with van der Waals surface area (Å²) in [5, 5.41) is 3.26. The number of hydrogen-bond acceptors (Lipinski definition) is 3. The molecule has 0 aromatic heterocycles. The number of amides is 1. The third-order valence-electron chi connectivity index (χ3n) is 5.04. The molecule has 0 aliphatic carbocycles. The highest BCUT2D eigenvalue weighted by Crippen LogP contribution is 2.23. The highest BCUT2D eigenvalue weighted by molar-refractivity contribution is 5.79. The van der Waals surface area contributed by atoms with Gasteiger partial charge in [0.1, 0.15) is 0 Å². The summed E-state index contributed by atoms with van der Waals surface area (Å²) >= 11 is 0. The van der Waals surface area contributed by atoms with Gasteiger partial charge in [0, 0.05) is 12.1 Å². The zero-order valence-corrected chi connectivity index (χ0v) is 13.4. The molecule has 4 heteroatoms. The maximum absolute atomic E-state index is 12.6. The molecule has 1 N–H and O–H groups in total. The van der Waals surface area contributed by atoms with Crippen LogP contribution in [0.15, 0.2) is 0 Å². The van der Waals surface area contributed by atoms with Gasteiger partial charge in [-0.05, 0) is 78.6 Å². The summed E-state index contributed by atoms with van der Waals surface area (Å²) in [7, 11) is 2.02. The van der Waals surface area contributed by atoms with Crippen LogP contribution in [0.1, 0.15) is 46.0 Å². The minimum absolute atomic E-state index is 0.344. The van der Waals surface area contributed by atoms with Crippen molar-refractivity contribution in [2.45, 2.75) is 58.0 Å². The smallest absolute Gasteiger partial charge is 0.237 e. The topological polar surface area (TPSA) is 35.6 Å². The van der Waals surface area contributed by atoms with Crippen LogP contribution in [0.25, 0.3) is 0 Å². The number of hydrogen-bond donors (Lipinski definition) is 1. The van der Waals surface area contributed by atoms with E-state index in [9.17, 15) is 4.79 Å². The second-order valence-electron chi connectivity index (χ2n) is 6.71. The SMILES string of the molecule is CNCC1CCN(CC(=O)N2C(C)CCCC2C)CC1. The van der Waals surface area contributed by atoms with E-state index in [0.717, 1.165) is 25.6 Å². The van der Waals surface area contributed by atoms with Crippen molar-refractivity contribution in [1.29, 1.82) is 0 Å². The molecule has 2 aliphatic heterocycles. The summed E-state index contributed by atoms with van der Waals surface area (Å²) in [6.45, 7) is 8.30. The fraction of sp³-hybridized carbons (Fsp3) is 0.938. The molecule has 0 spiro atoms. The molecule has 2 aliphatic rings. The lowest BCUT2D eigenvalue weighted by atomic mass is 9.96. The Balaban J connectivity index is 1.80. The van der Waals surface area contributed by atoms with Crippen molar-refractivity contribution in [2.24, 2.45) is 5.92 Å². The first-order valence-corrected chi connectivity index (χ1v) is 8.30. The molecule has 0 bridgehead atoms. The molecule has 116 valence electrons. The van der Waals surface area contributed by atoms with Gasteiger partial charge in [0.2, 0.25) is 5.91 Å². The summed E-state index contributed by atoms with van der Waals surface area (Å²) in [6, 6.07) is 0.848. The van der Waals surface area contributed by atoms with Gasteiger partial charge in [0.05, 0.1) is 6.54 Å². The zero-order valence-electron chi connectivity index (χ0n) is 13.4. The number of nitrogens with one attached hydrogen (secondary N) is 1. The first kappa shape index (κ1) is 15.8. The third kappa shape index (κ3) is 3.95. The normalized spacial score (nSPS) is 29.6. The first-order chi connectivity index (χ1) is 9.61. The van der Waals surface area contributed by atoms with Crippen molar-refractivity contribution in [1.82, 2.24) is 15.1 Å². The minimum atomic E-state index is 0.344. The molecular weight excluding hydrogens is 250 g/mol. The van der Waals surface area contributed by atoms with Crippen molar-refractivity contribution in [3.63, 3.8) is 0 Å². The van der Waals surface area contributed by atoms with Crippen LogP contribution in [0.3, 0.4) is 0 Å². The molecule has 0 saturated carbocycles. The Kier molecular flexibility index (Phi) is 5.85. The standard InChI is InChI=1S/C16H31N3O/c1-13-5-4-6-14(2)19(13)16(20)12-18-9-7-15(8-10-18)11-17-3/h13-15,17H,4-12H2,1-3H3. The predicted octanol–water partition coefficient (Wildman–Crippen LogP) is 1.71. The number of carbonyl (C=O) groups excluding carboxylic acids is 1. The van der Waals surface area contributed by atoms with Gasteiger partial charge >= 0.3 is 0 Å². The van der Waals surface area contributed by atoms with E-state index in [1.165, 1.54) is 32.1 Å². The van der Waals surface area contributed by atoms with Crippen LogP contribution in [-0.2, 0) is 4.79 Å². The molecule has 1 amide bonds. The Morgan fingerprint density at radius 2 is 1.70 bits per heavy atom. The molecule has 2 atom stereocenters. The van der Waals surface area contributed by atoms with Crippen LogP contribution in [0.2, 0.25) is 0 Å². The van der Waals surface area contributed by atoms with Gasteiger partial charge in [-0.3, -0.25) is 9.69 Å². The van der Waals surface area contributed by atoms with Gasteiger partial charge in [-0.2, -0.15) is 0 Å². The van der Waals surface area contributed by atoms with Crippen molar-refractivity contribution in [2.75, 3.05) is 33.2 Å². The predicted molar refractivity (Wildman–Crippen MR) is 82.7 cm³/mol. The molecule has 20 heavy (non-hydrogen) atoms. The van der Waals surface area contributed by atoms with Crippen molar-refractivity contribution in [3.8, 4) is 0 Å². The summed E-state index contributed by atoms with van der Waals surface area (Å²) in [5.74, 6) is 1.14. The Morgan fingerprint density at radius 3 is 2.25 bits per heavy atom. The first-order valence-electron chi connectivity index (χ1n) is 8.30. The highest BCUT2D eigenvalue weighted by atomic mass is 16.2. The molecule has 2 unspecified atom stereocenters. The second kappa shape index (κ2) is 7.41. The summed E-state index contributed by atoms with van der Waals surface area (Å²) in [6.07, 6.45) is 6.04. The monoisotopic (exact) mass is 281 g/mol. The van der Waals surface area contributed by atoms with E-state index in [1.54, 1.807) is 0 Å². The number of nitrogens with zero attached hydrogens (tertiary/aromatic N) is 2. The summed E-state index contributed by atoms with van der Waals surface area (Å²) in [5.41, 5.74) is 0. The van der Waals surface area contributed by atoms with Crippen molar-refractivity contribution < 1.29 is 4.79 Å². The maximum atomic E-state index is 12.6. The van der Waals surface area contributed by atoms with Crippen molar-refractivity contribution in [3.05, 3.63) is 0 Å². The van der Waals surface area contributed by atoms with Crippen LogP contribution in [0.5, 0.6) is 0 Å². The average Bonchev–Trinajstić information content (AvgIpc) is 2.41. The maximum Gasteiger partial charge on any atom is 0.237 e. The third-order valence-corrected chi connectivity index (χ3v) is 5.04. The average molecular weight is 281 g/mol. The quantitative estimate of drug-likeness (QED) is 0.852. The number of carbonyl (C=O) groups is 1. The van der Waals surface area contributed by atoms with Gasteiger partial charge in [0.25, 0.3) is 0 Å². The Morgan fingerprint density at radius 1 is 1.10 bits per heavy atom. The van der Waals surface area contributed by atoms with Crippen LogP contribution in [0, 0.1) is 5.92 Å². The van der Waals surface area contributed by atoms with Gasteiger partial charge in [-0.1, -0.05) is 0 Å². The van der Waals surface area contributed by atoms with Crippen LogP contribution >= 0.6 is 0 Å². The van der Waals surface area contributed by atoms with E-state index < -0.39 is 0 Å². The molecule has 0 aromatic rings. The fourth-order valence-electron chi connectivity index (χ4n) is 3.82. The van der Waals surface area contributed by atoms with Crippen LogP contribution in [-0.4, -0.2) is 61.0 Å². The van der Waals surface area contributed by atoms with E-state index in [0.29, 0.717) is 24.5 Å². The minimum Gasteiger partial charge on any atom is -0.336 e. The lowest BCUT2D eigenvalue weighted by molar-refractivity contribution is -0.138. The lowest BCUT2D eigenvalue weighted by Crippen LogP contribution is -2.52. The number of likely N-dealkylation sites (tertiary alicyclic amines) is 2. The van der Waals surface area contributed by atoms with Crippen molar-refractivity contribution >= 4 is 5.91 Å². The van der Waals surface area contributed by atoms with Gasteiger partial charge in [-0.15, -0.1) is 0 Å². The van der Waals surface area contributed by atoms with E-state index in [1.807, 2.05) is 7.05 Å². The lowest BCUT2D eigenvalue weighted by Gasteiger charge is -2.41. The zero-order chi connectivity index (χ0) is 14.5. The van der Waals surface area contributed by atoms with E-state index >= 15 is 0 Å². The molecular formula is C16H31N3O. The van der Waals surface area contributed by atoms with E-state index in [-0.39, 0.29) is 0 Å². The van der Waals surface area contributed by atoms with Gasteiger partial charge in [-0.25, -0.2) is 0 Å². The molecule has 4 nitrogen and oxygen atoms in total. The van der Waals surface area contributed by atoms with Gasteiger partial charge < -0.3 is 10.2 Å². The summed E-state index contributed by atoms with van der Waals surface area (Å²) < 4.78 is 0.